The molecule has 94 valence electrons. The van der Waals surface area contributed by atoms with Gasteiger partial charge in [-0.15, -0.1) is 0 Å². The lowest BCUT2D eigenvalue weighted by molar-refractivity contribution is -0.0361. The zero-order valence-corrected chi connectivity index (χ0v) is 10.1. The van der Waals surface area contributed by atoms with Gasteiger partial charge in [0.05, 0.1) is 0 Å². The van der Waals surface area contributed by atoms with Crippen molar-refractivity contribution in [2.24, 2.45) is 0 Å². The normalized spacial score (nSPS) is 20.2. The van der Waals surface area contributed by atoms with Gasteiger partial charge in [0, 0.05) is 30.6 Å². The minimum atomic E-state index is -2.48. The standard InChI is InChI=1S/C12H17F2N3/c1-8-7-11(16-9(2)15-8)17-10-3-5-12(13,14)6-4-10/h7,10H,3-6H2,1-2H3,(H,15,16,17). The second kappa shape index (κ2) is 4.55. The molecule has 1 aliphatic carbocycles. The molecule has 1 heterocycles. The van der Waals surface area contributed by atoms with E-state index in [0.29, 0.717) is 18.7 Å². The molecule has 1 saturated carbocycles. The van der Waals surface area contributed by atoms with E-state index in [1.165, 1.54) is 0 Å². The van der Waals surface area contributed by atoms with Crippen LogP contribution in [-0.2, 0) is 0 Å². The number of nitrogens with zero attached hydrogens (tertiary/aromatic N) is 2. The first-order valence-electron chi connectivity index (χ1n) is 5.91. The highest BCUT2D eigenvalue weighted by Gasteiger charge is 2.34. The molecule has 0 spiro atoms. The van der Waals surface area contributed by atoms with Crippen molar-refractivity contribution in [1.29, 1.82) is 0 Å². The smallest absolute Gasteiger partial charge is 0.248 e. The zero-order valence-electron chi connectivity index (χ0n) is 10.1. The minimum absolute atomic E-state index is 0.0340. The van der Waals surface area contributed by atoms with Crippen LogP contribution in [0.3, 0.4) is 0 Å². The van der Waals surface area contributed by atoms with Gasteiger partial charge in [-0.2, -0.15) is 0 Å². The molecule has 0 bridgehead atoms. The molecular weight excluding hydrogens is 224 g/mol. The largest absolute Gasteiger partial charge is 0.367 e. The Balaban J connectivity index is 1.97. The van der Waals surface area contributed by atoms with Crippen LogP contribution < -0.4 is 5.32 Å². The van der Waals surface area contributed by atoms with Crippen molar-refractivity contribution in [1.82, 2.24) is 9.97 Å². The lowest BCUT2D eigenvalue weighted by Crippen LogP contribution is -2.32. The molecule has 3 nitrogen and oxygen atoms in total. The number of nitrogens with one attached hydrogen (secondary N) is 1. The van der Waals surface area contributed by atoms with Crippen LogP contribution in [-0.4, -0.2) is 21.9 Å². The van der Waals surface area contributed by atoms with Crippen LogP contribution in [0.2, 0.25) is 0 Å². The van der Waals surface area contributed by atoms with Gasteiger partial charge >= 0.3 is 0 Å². The third-order valence-corrected chi connectivity index (χ3v) is 3.04. The van der Waals surface area contributed by atoms with Crippen molar-refractivity contribution in [3.8, 4) is 0 Å². The molecule has 5 heteroatoms. The Morgan fingerprint density at radius 1 is 1.24 bits per heavy atom. The Morgan fingerprint density at radius 2 is 1.88 bits per heavy atom. The van der Waals surface area contributed by atoms with Crippen LogP contribution in [0.4, 0.5) is 14.6 Å². The summed E-state index contributed by atoms with van der Waals surface area (Å²) < 4.78 is 26.0. The molecule has 1 aromatic heterocycles. The number of aromatic nitrogens is 2. The Bertz CT molecular complexity index is 376. The van der Waals surface area contributed by atoms with Gasteiger partial charge in [0.25, 0.3) is 0 Å². The third-order valence-electron chi connectivity index (χ3n) is 3.04. The molecule has 0 amide bonds. The first kappa shape index (κ1) is 12.2. The number of halogens is 2. The van der Waals surface area contributed by atoms with Crippen molar-refractivity contribution in [2.45, 2.75) is 51.5 Å². The van der Waals surface area contributed by atoms with E-state index in [2.05, 4.69) is 15.3 Å². The van der Waals surface area contributed by atoms with Crippen molar-refractivity contribution >= 4 is 5.82 Å². The maximum absolute atomic E-state index is 13.0. The third kappa shape index (κ3) is 3.35. The maximum Gasteiger partial charge on any atom is 0.248 e. The quantitative estimate of drug-likeness (QED) is 0.864. The highest BCUT2D eigenvalue weighted by molar-refractivity contribution is 5.36. The van der Waals surface area contributed by atoms with Gasteiger partial charge in [-0.3, -0.25) is 0 Å². The van der Waals surface area contributed by atoms with E-state index in [4.69, 9.17) is 0 Å². The summed E-state index contributed by atoms with van der Waals surface area (Å²) in [6.07, 6.45) is 0.922. The van der Waals surface area contributed by atoms with Crippen LogP contribution >= 0.6 is 0 Å². The monoisotopic (exact) mass is 241 g/mol. The fourth-order valence-electron chi connectivity index (χ4n) is 2.18. The fourth-order valence-corrected chi connectivity index (χ4v) is 2.18. The number of hydrogen-bond acceptors (Lipinski definition) is 3. The molecule has 0 aliphatic heterocycles. The van der Waals surface area contributed by atoms with Crippen LogP contribution in [0.1, 0.15) is 37.2 Å². The Kier molecular flexibility index (Phi) is 3.26. The average Bonchev–Trinajstić information content (AvgIpc) is 2.20. The number of hydrogen-bond donors (Lipinski definition) is 1. The lowest BCUT2D eigenvalue weighted by Gasteiger charge is -2.29. The highest BCUT2D eigenvalue weighted by atomic mass is 19.3. The van der Waals surface area contributed by atoms with E-state index in [0.717, 1.165) is 11.5 Å². The van der Waals surface area contributed by atoms with Crippen molar-refractivity contribution in [3.05, 3.63) is 17.6 Å². The topological polar surface area (TPSA) is 37.8 Å². The first-order chi connectivity index (χ1) is 7.94. The molecular formula is C12H17F2N3. The molecule has 1 aliphatic rings. The van der Waals surface area contributed by atoms with E-state index in [1.54, 1.807) is 0 Å². The van der Waals surface area contributed by atoms with Crippen molar-refractivity contribution in [3.63, 3.8) is 0 Å². The van der Waals surface area contributed by atoms with E-state index in [1.807, 2.05) is 19.9 Å². The van der Waals surface area contributed by atoms with Gasteiger partial charge in [-0.05, 0) is 26.7 Å². The van der Waals surface area contributed by atoms with Crippen LogP contribution in [0.15, 0.2) is 6.07 Å². The molecule has 17 heavy (non-hydrogen) atoms. The Morgan fingerprint density at radius 3 is 2.47 bits per heavy atom. The van der Waals surface area contributed by atoms with E-state index in [-0.39, 0.29) is 18.9 Å². The Labute approximate surface area is 99.7 Å². The van der Waals surface area contributed by atoms with Gasteiger partial charge in [0.2, 0.25) is 5.92 Å². The summed E-state index contributed by atoms with van der Waals surface area (Å²) >= 11 is 0. The van der Waals surface area contributed by atoms with Crippen LogP contribution in [0.5, 0.6) is 0 Å². The van der Waals surface area contributed by atoms with Gasteiger partial charge in [-0.1, -0.05) is 0 Å². The Hall–Kier alpha value is -1.26. The van der Waals surface area contributed by atoms with Crippen LogP contribution in [0, 0.1) is 13.8 Å². The molecule has 0 radical (unpaired) electrons. The second-order valence-electron chi connectivity index (χ2n) is 4.72. The molecule has 0 unspecified atom stereocenters. The van der Waals surface area contributed by atoms with Gasteiger partial charge in [0.15, 0.2) is 0 Å². The van der Waals surface area contributed by atoms with Gasteiger partial charge in [-0.25, -0.2) is 18.7 Å². The predicted octanol–water partition coefficient (Wildman–Crippen LogP) is 3.08. The van der Waals surface area contributed by atoms with E-state index >= 15 is 0 Å². The van der Waals surface area contributed by atoms with Crippen molar-refractivity contribution < 1.29 is 8.78 Å². The zero-order chi connectivity index (χ0) is 12.5. The summed E-state index contributed by atoms with van der Waals surface area (Å²) in [5.41, 5.74) is 0.890. The molecule has 2 rings (SSSR count). The summed E-state index contributed by atoms with van der Waals surface area (Å²) in [7, 11) is 0. The number of alkyl halides is 2. The summed E-state index contributed by atoms with van der Waals surface area (Å²) in [5.74, 6) is -1.03. The van der Waals surface area contributed by atoms with Gasteiger partial charge < -0.3 is 5.32 Å². The summed E-state index contributed by atoms with van der Waals surface area (Å²) in [5, 5.41) is 3.22. The predicted molar refractivity (Wildman–Crippen MR) is 62.3 cm³/mol. The molecule has 0 atom stereocenters. The fraction of sp³-hybridized carbons (Fsp3) is 0.667. The lowest BCUT2D eigenvalue weighted by atomic mass is 9.92. The summed E-state index contributed by atoms with van der Waals surface area (Å²) in [4.78, 5) is 8.43. The highest BCUT2D eigenvalue weighted by Crippen LogP contribution is 2.34. The SMILES string of the molecule is Cc1cc(NC2CCC(F)(F)CC2)nc(C)n1. The maximum atomic E-state index is 13.0. The van der Waals surface area contributed by atoms with E-state index in [9.17, 15) is 8.78 Å². The van der Waals surface area contributed by atoms with Crippen LogP contribution in [0.25, 0.3) is 0 Å². The first-order valence-corrected chi connectivity index (χ1v) is 5.91. The average molecular weight is 241 g/mol. The summed E-state index contributed by atoms with van der Waals surface area (Å²) in [6.45, 7) is 3.72. The number of rotatable bonds is 2. The number of aryl methyl sites for hydroxylation is 2. The number of anilines is 1. The molecule has 1 N–H and O–H groups in total. The summed E-state index contributed by atoms with van der Waals surface area (Å²) in [6, 6.07) is 1.95. The molecule has 0 aromatic carbocycles. The van der Waals surface area contributed by atoms with E-state index < -0.39 is 5.92 Å². The molecule has 1 fully saturated rings. The second-order valence-corrected chi connectivity index (χ2v) is 4.72. The molecule has 0 saturated heterocycles. The minimum Gasteiger partial charge on any atom is -0.367 e. The van der Waals surface area contributed by atoms with Crippen molar-refractivity contribution in [2.75, 3.05) is 5.32 Å². The molecule has 1 aromatic rings. The van der Waals surface area contributed by atoms with Gasteiger partial charge in [0.1, 0.15) is 11.6 Å².